The number of rotatable bonds is 11. The summed E-state index contributed by atoms with van der Waals surface area (Å²) < 4.78 is 17.1. The van der Waals surface area contributed by atoms with Gasteiger partial charge in [-0.1, -0.05) is 0 Å². The van der Waals surface area contributed by atoms with Gasteiger partial charge in [-0.25, -0.2) is 4.98 Å². The highest BCUT2D eigenvalue weighted by Gasteiger charge is 2.19. The lowest BCUT2D eigenvalue weighted by Gasteiger charge is -2.28. The Bertz CT molecular complexity index is 1140. The van der Waals surface area contributed by atoms with Gasteiger partial charge in [0.2, 0.25) is 5.95 Å². The first-order valence-electron chi connectivity index (χ1n) is 12.7. The largest absolute Gasteiger partial charge is 0.493 e. The quantitative estimate of drug-likeness (QED) is 0.342. The number of anilines is 3. The number of hydrogen-bond donors (Lipinski definition) is 3. The van der Waals surface area contributed by atoms with Crippen molar-refractivity contribution < 1.29 is 14.2 Å². The van der Waals surface area contributed by atoms with E-state index in [-0.39, 0.29) is 0 Å². The molecular weight excluding hydrogens is 460 g/mol. The molecule has 194 valence electrons. The van der Waals surface area contributed by atoms with E-state index in [9.17, 15) is 0 Å². The predicted octanol–water partition coefficient (Wildman–Crippen LogP) is 2.53. The number of hydrogen-bond acceptors (Lipinski definition) is 10. The first kappa shape index (κ1) is 24.5. The normalized spacial score (nSPS) is 16.6. The fraction of sp³-hybridized carbons (Fsp3) is 0.560. The van der Waals surface area contributed by atoms with Crippen LogP contribution in [0.1, 0.15) is 25.0 Å². The second-order valence-corrected chi connectivity index (χ2v) is 9.22. The molecule has 2 aliphatic heterocycles. The van der Waals surface area contributed by atoms with Crippen molar-refractivity contribution in [1.29, 1.82) is 0 Å². The smallest absolute Gasteiger partial charge is 0.227 e. The topological polar surface area (TPSA) is 113 Å². The standard InChI is InChI=1S/C25H36N8O3/c1-34-17-18-14-23(31-30-18)28-24-19-15-21(35-2)22(36-13-5-10-32-8-3-4-9-32)16-20(19)27-25(29-24)33-11-6-26-7-12-33/h14-16,26H,3-13,17H2,1-2H3,(H2,27,28,29,30,31). The average Bonchev–Trinajstić information content (AvgIpc) is 3.59. The lowest BCUT2D eigenvalue weighted by atomic mass is 10.2. The molecule has 1 aromatic carbocycles. The molecule has 0 radical (unpaired) electrons. The summed E-state index contributed by atoms with van der Waals surface area (Å²) in [6, 6.07) is 5.82. The number of aromatic amines is 1. The molecule has 3 N–H and O–H groups in total. The molecule has 0 bridgehead atoms. The minimum absolute atomic E-state index is 0.456. The lowest BCUT2D eigenvalue weighted by molar-refractivity contribution is 0.181. The van der Waals surface area contributed by atoms with Crippen molar-refractivity contribution in [2.75, 3.05) is 76.9 Å². The highest BCUT2D eigenvalue weighted by molar-refractivity contribution is 5.94. The van der Waals surface area contributed by atoms with Crippen molar-refractivity contribution in [3.05, 3.63) is 23.9 Å². The lowest BCUT2D eigenvalue weighted by Crippen LogP contribution is -2.44. The molecule has 11 nitrogen and oxygen atoms in total. The summed E-state index contributed by atoms with van der Waals surface area (Å²) >= 11 is 0. The van der Waals surface area contributed by atoms with Crippen molar-refractivity contribution in [1.82, 2.24) is 30.4 Å². The molecule has 11 heteroatoms. The Hall–Kier alpha value is -3.15. The van der Waals surface area contributed by atoms with Gasteiger partial charge in [-0.05, 0) is 38.4 Å². The Kier molecular flexibility index (Phi) is 7.99. The molecule has 36 heavy (non-hydrogen) atoms. The number of benzene rings is 1. The number of methoxy groups -OCH3 is 2. The number of nitrogens with zero attached hydrogens (tertiary/aromatic N) is 5. The zero-order valence-corrected chi connectivity index (χ0v) is 21.2. The van der Waals surface area contributed by atoms with Crippen LogP contribution in [0.5, 0.6) is 11.5 Å². The number of aromatic nitrogens is 4. The van der Waals surface area contributed by atoms with Gasteiger partial charge in [0.15, 0.2) is 17.3 Å². The summed E-state index contributed by atoms with van der Waals surface area (Å²) in [7, 11) is 3.32. The Morgan fingerprint density at radius 1 is 1.00 bits per heavy atom. The third kappa shape index (κ3) is 5.80. The van der Waals surface area contributed by atoms with Crippen LogP contribution < -0.4 is 25.0 Å². The van der Waals surface area contributed by atoms with Crippen LogP contribution in [0, 0.1) is 0 Å². The molecule has 0 saturated carbocycles. The number of H-pyrrole nitrogens is 1. The first-order chi connectivity index (χ1) is 17.7. The molecule has 5 rings (SSSR count). The summed E-state index contributed by atoms with van der Waals surface area (Å²) in [5, 5.41) is 14.9. The van der Waals surface area contributed by atoms with Gasteiger partial charge >= 0.3 is 0 Å². The summed E-state index contributed by atoms with van der Waals surface area (Å²) in [5.41, 5.74) is 1.67. The van der Waals surface area contributed by atoms with Crippen LogP contribution in [0.2, 0.25) is 0 Å². The van der Waals surface area contributed by atoms with Crippen LogP contribution in [0.4, 0.5) is 17.6 Å². The average molecular weight is 497 g/mol. The Labute approximate surface area is 211 Å². The monoisotopic (exact) mass is 496 g/mol. The van der Waals surface area contributed by atoms with E-state index in [2.05, 4.69) is 30.6 Å². The van der Waals surface area contributed by atoms with E-state index in [1.54, 1.807) is 14.2 Å². The Morgan fingerprint density at radius 2 is 1.83 bits per heavy atom. The molecule has 0 spiro atoms. The molecule has 2 fully saturated rings. The summed E-state index contributed by atoms with van der Waals surface area (Å²) in [5.74, 6) is 3.37. The third-order valence-corrected chi connectivity index (χ3v) is 6.62. The van der Waals surface area contributed by atoms with Crippen LogP contribution in [-0.2, 0) is 11.3 Å². The molecule has 0 atom stereocenters. The molecule has 0 amide bonds. The van der Waals surface area contributed by atoms with Crippen molar-refractivity contribution in [3.8, 4) is 11.5 Å². The van der Waals surface area contributed by atoms with Crippen molar-refractivity contribution in [3.63, 3.8) is 0 Å². The van der Waals surface area contributed by atoms with Crippen molar-refractivity contribution in [2.24, 2.45) is 0 Å². The number of fused-ring (bicyclic) bond motifs is 1. The molecule has 0 unspecified atom stereocenters. The zero-order valence-electron chi connectivity index (χ0n) is 21.2. The van der Waals surface area contributed by atoms with Gasteiger partial charge in [-0.3, -0.25) is 5.10 Å². The molecule has 0 aliphatic carbocycles. The van der Waals surface area contributed by atoms with Gasteiger partial charge in [0.1, 0.15) is 5.82 Å². The summed E-state index contributed by atoms with van der Waals surface area (Å²) in [6.45, 7) is 8.05. The Balaban J connectivity index is 1.42. The highest BCUT2D eigenvalue weighted by atomic mass is 16.5. The second-order valence-electron chi connectivity index (χ2n) is 9.22. The molecule has 2 saturated heterocycles. The van der Waals surface area contributed by atoms with Crippen molar-refractivity contribution in [2.45, 2.75) is 25.9 Å². The summed E-state index contributed by atoms with van der Waals surface area (Å²) in [6.07, 6.45) is 3.58. The molecule has 3 aromatic rings. The van der Waals surface area contributed by atoms with Crippen LogP contribution in [-0.4, -0.2) is 91.7 Å². The van der Waals surface area contributed by atoms with Crippen LogP contribution >= 0.6 is 0 Å². The summed E-state index contributed by atoms with van der Waals surface area (Å²) in [4.78, 5) is 14.5. The minimum Gasteiger partial charge on any atom is -0.493 e. The van der Waals surface area contributed by atoms with E-state index in [1.807, 2.05) is 18.2 Å². The highest BCUT2D eigenvalue weighted by Crippen LogP contribution is 2.36. The number of nitrogens with one attached hydrogen (secondary N) is 3. The molecule has 2 aliphatic rings. The molecule has 4 heterocycles. The van der Waals surface area contributed by atoms with Crippen LogP contribution in [0.15, 0.2) is 18.2 Å². The van der Waals surface area contributed by atoms with E-state index >= 15 is 0 Å². The first-order valence-corrected chi connectivity index (χ1v) is 12.7. The Morgan fingerprint density at radius 3 is 2.61 bits per heavy atom. The molecular formula is C25H36N8O3. The number of ether oxygens (including phenoxy) is 3. The van der Waals surface area contributed by atoms with Crippen LogP contribution in [0.25, 0.3) is 10.9 Å². The zero-order chi connectivity index (χ0) is 24.7. The minimum atomic E-state index is 0.456. The van der Waals surface area contributed by atoms with Gasteiger partial charge in [-0.2, -0.15) is 10.1 Å². The SMILES string of the molecule is COCc1cc(Nc2nc(N3CCNCC3)nc3cc(OCCCN4CCCC4)c(OC)cc23)n[nH]1. The van der Waals surface area contributed by atoms with E-state index < -0.39 is 0 Å². The maximum absolute atomic E-state index is 6.18. The van der Waals surface area contributed by atoms with Crippen molar-refractivity contribution >= 4 is 28.5 Å². The van der Waals surface area contributed by atoms with Gasteiger partial charge in [-0.15, -0.1) is 0 Å². The second kappa shape index (κ2) is 11.7. The fourth-order valence-electron chi connectivity index (χ4n) is 4.75. The predicted molar refractivity (Wildman–Crippen MR) is 140 cm³/mol. The van der Waals surface area contributed by atoms with Gasteiger partial charge in [0.25, 0.3) is 0 Å². The van der Waals surface area contributed by atoms with Gasteiger partial charge in [0.05, 0.1) is 31.5 Å². The fourth-order valence-corrected chi connectivity index (χ4v) is 4.75. The molecule has 2 aromatic heterocycles. The maximum atomic E-state index is 6.18. The van der Waals surface area contributed by atoms with Gasteiger partial charge < -0.3 is 34.6 Å². The van der Waals surface area contributed by atoms with Gasteiger partial charge in [0, 0.05) is 57.4 Å². The van der Waals surface area contributed by atoms with E-state index in [0.29, 0.717) is 42.3 Å². The van der Waals surface area contributed by atoms with E-state index in [1.165, 1.54) is 25.9 Å². The number of piperazine rings is 1. The maximum Gasteiger partial charge on any atom is 0.227 e. The van der Waals surface area contributed by atoms with Crippen LogP contribution in [0.3, 0.4) is 0 Å². The third-order valence-electron chi connectivity index (χ3n) is 6.62. The van der Waals surface area contributed by atoms with E-state index in [0.717, 1.165) is 55.7 Å². The van der Waals surface area contributed by atoms with E-state index in [4.69, 9.17) is 24.2 Å². The number of likely N-dealkylation sites (tertiary alicyclic amines) is 1.